The van der Waals surface area contributed by atoms with Crippen LogP contribution < -0.4 is 10.6 Å². The van der Waals surface area contributed by atoms with Gasteiger partial charge in [-0.25, -0.2) is 0 Å². The number of hydrogen-bond acceptors (Lipinski definition) is 3. The van der Waals surface area contributed by atoms with E-state index in [4.69, 9.17) is 0 Å². The van der Waals surface area contributed by atoms with Gasteiger partial charge in [0, 0.05) is 26.1 Å². The Morgan fingerprint density at radius 1 is 1.25 bits per heavy atom. The van der Waals surface area contributed by atoms with Crippen molar-refractivity contribution in [2.45, 2.75) is 58.4 Å². The van der Waals surface area contributed by atoms with Gasteiger partial charge in [-0.1, -0.05) is 13.3 Å². The van der Waals surface area contributed by atoms with Gasteiger partial charge in [-0.2, -0.15) is 0 Å². The molecule has 0 saturated carbocycles. The number of rotatable bonds is 8. The van der Waals surface area contributed by atoms with E-state index in [-0.39, 0.29) is 11.8 Å². The minimum Gasteiger partial charge on any atom is -0.354 e. The summed E-state index contributed by atoms with van der Waals surface area (Å²) in [6.07, 6.45) is 4.18. The number of nitrogens with one attached hydrogen (secondary N) is 2. The monoisotopic (exact) mass is 283 g/mol. The molecule has 1 heterocycles. The first-order chi connectivity index (χ1) is 9.59. The number of amides is 2. The zero-order chi connectivity index (χ0) is 15.0. The molecule has 5 heteroatoms. The average molecular weight is 283 g/mol. The van der Waals surface area contributed by atoms with Crippen molar-refractivity contribution in [1.82, 2.24) is 15.5 Å². The Morgan fingerprint density at radius 2 is 1.95 bits per heavy atom. The van der Waals surface area contributed by atoms with Crippen LogP contribution in [0.5, 0.6) is 0 Å². The van der Waals surface area contributed by atoms with E-state index >= 15 is 0 Å². The molecule has 0 aromatic rings. The fourth-order valence-corrected chi connectivity index (χ4v) is 2.94. The Morgan fingerprint density at radius 3 is 2.45 bits per heavy atom. The van der Waals surface area contributed by atoms with Crippen molar-refractivity contribution in [3.63, 3.8) is 0 Å². The maximum absolute atomic E-state index is 12.3. The van der Waals surface area contributed by atoms with Crippen LogP contribution in [0.25, 0.3) is 0 Å². The molecule has 0 aromatic heterocycles. The van der Waals surface area contributed by atoms with Crippen LogP contribution in [0.15, 0.2) is 0 Å². The third-order valence-corrected chi connectivity index (χ3v) is 4.10. The van der Waals surface area contributed by atoms with Crippen molar-refractivity contribution >= 4 is 11.8 Å². The molecule has 2 amide bonds. The zero-order valence-corrected chi connectivity index (χ0v) is 13.1. The Kier molecular flexibility index (Phi) is 6.99. The largest absolute Gasteiger partial charge is 0.354 e. The number of nitrogens with zero attached hydrogens (tertiary/aromatic N) is 1. The van der Waals surface area contributed by atoms with Crippen LogP contribution in [0.3, 0.4) is 0 Å². The molecule has 1 atom stereocenters. The van der Waals surface area contributed by atoms with Crippen molar-refractivity contribution in [1.29, 1.82) is 0 Å². The Bertz CT molecular complexity index is 321. The quantitative estimate of drug-likeness (QED) is 0.705. The highest BCUT2D eigenvalue weighted by Crippen LogP contribution is 2.24. The molecule has 0 radical (unpaired) electrons. The molecule has 0 aromatic carbocycles. The first-order valence-electron chi connectivity index (χ1n) is 7.90. The highest BCUT2D eigenvalue weighted by molar-refractivity contribution is 5.87. The molecule has 116 valence electrons. The summed E-state index contributed by atoms with van der Waals surface area (Å²) in [7, 11) is 0. The van der Waals surface area contributed by atoms with E-state index in [1.807, 2.05) is 13.8 Å². The van der Waals surface area contributed by atoms with E-state index in [0.717, 1.165) is 45.3 Å². The van der Waals surface area contributed by atoms with E-state index in [9.17, 15) is 9.59 Å². The molecular formula is C15H29N3O2. The van der Waals surface area contributed by atoms with Gasteiger partial charge in [-0.05, 0) is 39.7 Å². The van der Waals surface area contributed by atoms with E-state index < -0.39 is 5.54 Å². The summed E-state index contributed by atoms with van der Waals surface area (Å²) in [5, 5.41) is 6.28. The number of hydrogen-bond donors (Lipinski definition) is 2. The first kappa shape index (κ1) is 17.0. The zero-order valence-electron chi connectivity index (χ0n) is 13.1. The lowest BCUT2D eigenvalue weighted by Crippen LogP contribution is -2.53. The van der Waals surface area contributed by atoms with Gasteiger partial charge in [0.05, 0.1) is 5.54 Å². The number of carbonyl (C=O) groups excluding carboxylic acids is 2. The molecule has 1 fully saturated rings. The van der Waals surface area contributed by atoms with Crippen LogP contribution in [-0.2, 0) is 9.59 Å². The first-order valence-corrected chi connectivity index (χ1v) is 7.90. The van der Waals surface area contributed by atoms with Crippen LogP contribution in [-0.4, -0.2) is 48.4 Å². The fraction of sp³-hybridized carbons (Fsp3) is 0.867. The Hall–Kier alpha value is -1.10. The van der Waals surface area contributed by atoms with E-state index in [0.29, 0.717) is 13.0 Å². The summed E-state index contributed by atoms with van der Waals surface area (Å²) in [4.78, 5) is 26.0. The van der Waals surface area contributed by atoms with Gasteiger partial charge < -0.3 is 15.5 Å². The predicted molar refractivity (Wildman–Crippen MR) is 80.4 cm³/mol. The van der Waals surface area contributed by atoms with Crippen molar-refractivity contribution in [3.05, 3.63) is 0 Å². The highest BCUT2D eigenvalue weighted by Gasteiger charge is 2.39. The smallest absolute Gasteiger partial charge is 0.240 e. The molecule has 5 nitrogen and oxygen atoms in total. The van der Waals surface area contributed by atoms with E-state index in [1.165, 1.54) is 0 Å². The lowest BCUT2D eigenvalue weighted by atomic mass is 9.91. The van der Waals surface area contributed by atoms with Gasteiger partial charge >= 0.3 is 0 Å². The molecule has 20 heavy (non-hydrogen) atoms. The summed E-state index contributed by atoms with van der Waals surface area (Å²) in [5.41, 5.74) is -0.396. The summed E-state index contributed by atoms with van der Waals surface area (Å²) in [6.45, 7) is 8.83. The van der Waals surface area contributed by atoms with Gasteiger partial charge in [0.25, 0.3) is 0 Å². The van der Waals surface area contributed by atoms with Crippen molar-refractivity contribution in [2.24, 2.45) is 0 Å². The van der Waals surface area contributed by atoms with Crippen molar-refractivity contribution < 1.29 is 9.59 Å². The van der Waals surface area contributed by atoms with Crippen molar-refractivity contribution in [2.75, 3.05) is 26.2 Å². The van der Waals surface area contributed by atoms with Gasteiger partial charge in [0.2, 0.25) is 11.8 Å². The van der Waals surface area contributed by atoms with Gasteiger partial charge in [-0.3, -0.25) is 9.59 Å². The lowest BCUT2D eigenvalue weighted by Gasteiger charge is -2.28. The molecular weight excluding hydrogens is 254 g/mol. The molecule has 0 aliphatic carbocycles. The molecule has 1 aliphatic heterocycles. The summed E-state index contributed by atoms with van der Waals surface area (Å²) in [6, 6.07) is 0. The second-order valence-corrected chi connectivity index (χ2v) is 5.43. The maximum Gasteiger partial charge on any atom is 0.240 e. The molecule has 1 saturated heterocycles. The average Bonchev–Trinajstić information content (AvgIpc) is 2.90. The maximum atomic E-state index is 12.3. The van der Waals surface area contributed by atoms with Gasteiger partial charge in [0.1, 0.15) is 0 Å². The fourth-order valence-electron chi connectivity index (χ4n) is 2.94. The van der Waals surface area contributed by atoms with Crippen LogP contribution >= 0.6 is 0 Å². The summed E-state index contributed by atoms with van der Waals surface area (Å²) < 4.78 is 0. The third-order valence-electron chi connectivity index (χ3n) is 4.10. The highest BCUT2D eigenvalue weighted by atomic mass is 16.2. The standard InChI is InChI=1S/C15H29N3O2/c1-4-9-15(10-7-11-17-15)14(20)16-12-8-13(19)18(5-2)6-3/h17H,4-12H2,1-3H3,(H,16,20). The van der Waals surface area contributed by atoms with Gasteiger partial charge in [-0.15, -0.1) is 0 Å². The van der Waals surface area contributed by atoms with Crippen LogP contribution in [0, 0.1) is 0 Å². The Balaban J connectivity index is 2.40. The Labute approximate surface area is 122 Å². The predicted octanol–water partition coefficient (Wildman–Crippen LogP) is 1.28. The molecule has 0 spiro atoms. The minimum absolute atomic E-state index is 0.0594. The molecule has 0 bridgehead atoms. The SMILES string of the molecule is CCCC1(C(=O)NCCC(=O)N(CC)CC)CCCN1. The lowest BCUT2D eigenvalue weighted by molar-refractivity contribution is -0.131. The van der Waals surface area contributed by atoms with E-state index in [1.54, 1.807) is 4.90 Å². The third kappa shape index (κ3) is 4.20. The second kappa shape index (κ2) is 8.25. The minimum atomic E-state index is -0.396. The van der Waals surface area contributed by atoms with Crippen LogP contribution in [0.4, 0.5) is 0 Å². The summed E-state index contributed by atoms with van der Waals surface area (Å²) in [5.74, 6) is 0.170. The van der Waals surface area contributed by atoms with E-state index in [2.05, 4.69) is 17.6 Å². The molecule has 1 aliphatic rings. The summed E-state index contributed by atoms with van der Waals surface area (Å²) >= 11 is 0. The van der Waals surface area contributed by atoms with Crippen molar-refractivity contribution in [3.8, 4) is 0 Å². The normalized spacial score (nSPS) is 21.8. The second-order valence-electron chi connectivity index (χ2n) is 5.43. The topological polar surface area (TPSA) is 61.4 Å². The molecule has 1 rings (SSSR count). The van der Waals surface area contributed by atoms with Gasteiger partial charge in [0.15, 0.2) is 0 Å². The molecule has 1 unspecified atom stereocenters. The van der Waals surface area contributed by atoms with Crippen LogP contribution in [0.1, 0.15) is 52.9 Å². The van der Waals surface area contributed by atoms with Crippen LogP contribution in [0.2, 0.25) is 0 Å². The number of carbonyl (C=O) groups is 2. The molecule has 2 N–H and O–H groups in total.